The first-order valence-corrected chi connectivity index (χ1v) is 9.21. The summed E-state index contributed by atoms with van der Waals surface area (Å²) in [5, 5.41) is 22.4. The van der Waals surface area contributed by atoms with Gasteiger partial charge in [0.1, 0.15) is 0 Å². The van der Waals surface area contributed by atoms with Crippen LogP contribution in [0.4, 0.5) is 0 Å². The Balaban J connectivity index is 1.82. The van der Waals surface area contributed by atoms with E-state index in [1.165, 1.54) is 57.8 Å². The van der Waals surface area contributed by atoms with Gasteiger partial charge in [0.05, 0.1) is 12.2 Å². The number of hydrogen-bond donors (Lipinski definition) is 3. The molecule has 1 fully saturated rings. The number of nitrogens with one attached hydrogen (secondary N) is 1. The van der Waals surface area contributed by atoms with E-state index in [4.69, 9.17) is 0 Å². The Morgan fingerprint density at radius 1 is 0.952 bits per heavy atom. The molecule has 1 rings (SSSR count). The molecular formula is C18H37NO2. The van der Waals surface area contributed by atoms with Gasteiger partial charge in [-0.1, -0.05) is 51.4 Å². The molecule has 1 unspecified atom stereocenters. The summed E-state index contributed by atoms with van der Waals surface area (Å²) in [6.45, 7) is 3.97. The van der Waals surface area contributed by atoms with Crippen molar-refractivity contribution in [3.8, 4) is 0 Å². The Kier molecular flexibility index (Phi) is 10.3. The van der Waals surface area contributed by atoms with Crippen LogP contribution in [-0.4, -0.2) is 34.5 Å². The highest BCUT2D eigenvalue weighted by Crippen LogP contribution is 2.18. The molecule has 1 aliphatic rings. The summed E-state index contributed by atoms with van der Waals surface area (Å²) in [6.07, 6.45) is 14.6. The molecule has 0 radical (unpaired) electrons. The second kappa shape index (κ2) is 11.4. The van der Waals surface area contributed by atoms with Crippen molar-refractivity contribution in [1.29, 1.82) is 0 Å². The van der Waals surface area contributed by atoms with E-state index in [-0.39, 0.29) is 18.2 Å². The van der Waals surface area contributed by atoms with E-state index in [9.17, 15) is 10.2 Å². The van der Waals surface area contributed by atoms with Gasteiger partial charge in [0.2, 0.25) is 0 Å². The van der Waals surface area contributed by atoms with Crippen molar-refractivity contribution >= 4 is 0 Å². The molecule has 1 saturated heterocycles. The summed E-state index contributed by atoms with van der Waals surface area (Å²) in [4.78, 5) is 0. The second-order valence-corrected chi connectivity index (χ2v) is 7.05. The number of aliphatic hydroxyl groups is 2. The highest BCUT2D eigenvalue weighted by molar-refractivity contribution is 4.83. The highest BCUT2D eigenvalue weighted by atomic mass is 16.3. The molecule has 21 heavy (non-hydrogen) atoms. The van der Waals surface area contributed by atoms with Crippen molar-refractivity contribution in [2.24, 2.45) is 0 Å². The van der Waals surface area contributed by atoms with E-state index in [0.29, 0.717) is 6.04 Å². The molecule has 0 bridgehead atoms. The zero-order chi connectivity index (χ0) is 15.5. The van der Waals surface area contributed by atoms with Crippen LogP contribution in [-0.2, 0) is 0 Å². The van der Waals surface area contributed by atoms with Gasteiger partial charge in [0.25, 0.3) is 0 Å². The van der Waals surface area contributed by atoms with Crippen molar-refractivity contribution in [3.05, 3.63) is 0 Å². The van der Waals surface area contributed by atoms with E-state index in [1.807, 2.05) is 6.92 Å². The molecule has 0 spiro atoms. The minimum absolute atomic E-state index is 0.123. The third-order valence-corrected chi connectivity index (χ3v) is 4.81. The van der Waals surface area contributed by atoms with Crippen molar-refractivity contribution in [1.82, 2.24) is 5.32 Å². The molecule has 0 amide bonds. The Bertz CT molecular complexity index is 245. The van der Waals surface area contributed by atoms with Crippen molar-refractivity contribution in [2.75, 3.05) is 0 Å². The summed E-state index contributed by atoms with van der Waals surface area (Å²) in [5.74, 6) is 0. The van der Waals surface area contributed by atoms with Crippen LogP contribution in [0.5, 0.6) is 0 Å². The first kappa shape index (κ1) is 18.9. The Morgan fingerprint density at radius 2 is 1.52 bits per heavy atom. The maximum absolute atomic E-state index is 9.68. The molecule has 0 saturated carbocycles. The van der Waals surface area contributed by atoms with Crippen LogP contribution in [0.15, 0.2) is 0 Å². The van der Waals surface area contributed by atoms with Gasteiger partial charge in [-0.15, -0.1) is 0 Å². The molecular weight excluding hydrogens is 262 g/mol. The number of piperidine rings is 1. The molecule has 0 aromatic rings. The van der Waals surface area contributed by atoms with Crippen molar-refractivity contribution < 1.29 is 10.2 Å². The number of unbranched alkanes of at least 4 members (excludes halogenated alkanes) is 7. The van der Waals surface area contributed by atoms with Gasteiger partial charge < -0.3 is 15.5 Å². The van der Waals surface area contributed by atoms with Crippen LogP contribution in [0.1, 0.15) is 90.9 Å². The summed E-state index contributed by atoms with van der Waals surface area (Å²) in [6, 6.07) is 0.897. The Morgan fingerprint density at radius 3 is 2.10 bits per heavy atom. The molecule has 3 N–H and O–H groups in total. The van der Waals surface area contributed by atoms with Crippen molar-refractivity contribution in [2.45, 2.75) is 115 Å². The molecule has 3 heteroatoms. The number of aliphatic hydroxyl groups excluding tert-OH is 2. The predicted molar refractivity (Wildman–Crippen MR) is 89.5 cm³/mol. The van der Waals surface area contributed by atoms with Gasteiger partial charge in [-0.05, 0) is 39.5 Å². The number of rotatable bonds is 11. The topological polar surface area (TPSA) is 52.5 Å². The SMILES string of the molecule is CC(O)CCCCCCCCCC[C@@H]1CC[C@@H](O)[C@@H](C)N1. The summed E-state index contributed by atoms with van der Waals surface area (Å²) < 4.78 is 0. The lowest BCUT2D eigenvalue weighted by atomic mass is 9.93. The van der Waals surface area contributed by atoms with Gasteiger partial charge >= 0.3 is 0 Å². The first-order valence-electron chi connectivity index (χ1n) is 9.21. The second-order valence-electron chi connectivity index (χ2n) is 7.05. The van der Waals surface area contributed by atoms with Gasteiger partial charge in [-0.2, -0.15) is 0 Å². The van der Waals surface area contributed by atoms with E-state index in [0.717, 1.165) is 19.3 Å². The summed E-state index contributed by atoms with van der Waals surface area (Å²) >= 11 is 0. The van der Waals surface area contributed by atoms with Crippen LogP contribution in [0, 0.1) is 0 Å². The smallest absolute Gasteiger partial charge is 0.0691 e. The minimum atomic E-state index is -0.143. The van der Waals surface area contributed by atoms with Crippen LogP contribution in [0.2, 0.25) is 0 Å². The van der Waals surface area contributed by atoms with E-state index in [2.05, 4.69) is 12.2 Å². The van der Waals surface area contributed by atoms with E-state index < -0.39 is 0 Å². The molecule has 0 aromatic heterocycles. The molecule has 126 valence electrons. The lowest BCUT2D eigenvalue weighted by Crippen LogP contribution is -2.48. The normalized spacial score (nSPS) is 27.7. The third-order valence-electron chi connectivity index (χ3n) is 4.81. The lowest BCUT2D eigenvalue weighted by molar-refractivity contribution is 0.0849. The fraction of sp³-hybridized carbons (Fsp3) is 1.00. The average Bonchev–Trinajstić information content (AvgIpc) is 2.44. The summed E-state index contributed by atoms with van der Waals surface area (Å²) in [7, 11) is 0. The predicted octanol–water partition coefficient (Wildman–Crippen LogP) is 3.77. The summed E-state index contributed by atoms with van der Waals surface area (Å²) in [5.41, 5.74) is 0. The fourth-order valence-electron chi connectivity index (χ4n) is 3.31. The molecule has 1 aliphatic heterocycles. The maximum atomic E-state index is 9.68. The molecule has 1 heterocycles. The fourth-order valence-corrected chi connectivity index (χ4v) is 3.31. The minimum Gasteiger partial charge on any atom is -0.393 e. The highest BCUT2D eigenvalue weighted by Gasteiger charge is 2.24. The largest absolute Gasteiger partial charge is 0.393 e. The number of hydrogen-bond acceptors (Lipinski definition) is 3. The maximum Gasteiger partial charge on any atom is 0.0691 e. The average molecular weight is 299 g/mol. The lowest BCUT2D eigenvalue weighted by Gasteiger charge is -2.32. The van der Waals surface area contributed by atoms with Crippen molar-refractivity contribution in [3.63, 3.8) is 0 Å². The van der Waals surface area contributed by atoms with Gasteiger partial charge in [-0.25, -0.2) is 0 Å². The molecule has 0 aliphatic carbocycles. The zero-order valence-corrected chi connectivity index (χ0v) is 14.2. The molecule has 0 aromatic carbocycles. The van der Waals surface area contributed by atoms with E-state index in [1.54, 1.807) is 0 Å². The van der Waals surface area contributed by atoms with Crippen LogP contribution >= 0.6 is 0 Å². The van der Waals surface area contributed by atoms with Gasteiger partial charge in [0.15, 0.2) is 0 Å². The monoisotopic (exact) mass is 299 g/mol. The van der Waals surface area contributed by atoms with Gasteiger partial charge in [-0.3, -0.25) is 0 Å². The standard InChI is InChI=1S/C18H37NO2/c1-15(20)11-9-7-5-3-4-6-8-10-12-17-13-14-18(21)16(2)19-17/h15-21H,3-14H2,1-2H3/t15?,16-,17-,18-/m1/s1. The Labute approximate surface area is 131 Å². The van der Waals surface area contributed by atoms with Crippen LogP contribution < -0.4 is 5.32 Å². The molecule has 3 nitrogen and oxygen atoms in total. The quantitative estimate of drug-likeness (QED) is 0.509. The third kappa shape index (κ3) is 9.49. The first-order chi connectivity index (χ1) is 10.1. The van der Waals surface area contributed by atoms with Crippen LogP contribution in [0.25, 0.3) is 0 Å². The van der Waals surface area contributed by atoms with Crippen LogP contribution in [0.3, 0.4) is 0 Å². The molecule has 4 atom stereocenters. The zero-order valence-electron chi connectivity index (χ0n) is 14.2. The van der Waals surface area contributed by atoms with Gasteiger partial charge in [0, 0.05) is 12.1 Å². The van der Waals surface area contributed by atoms with E-state index >= 15 is 0 Å². The Hall–Kier alpha value is -0.120.